The maximum atomic E-state index is 12.4. The second-order valence-corrected chi connectivity index (χ2v) is 6.22. The number of nitrogens with zero attached hydrogens (tertiary/aromatic N) is 4. The Kier molecular flexibility index (Phi) is 3.49. The van der Waals surface area contributed by atoms with E-state index >= 15 is 0 Å². The number of fused-ring (bicyclic) bond motifs is 2. The highest BCUT2D eigenvalue weighted by Gasteiger charge is 2.15. The van der Waals surface area contributed by atoms with E-state index in [1.165, 1.54) is 0 Å². The van der Waals surface area contributed by atoms with E-state index in [1.54, 1.807) is 18.5 Å². The summed E-state index contributed by atoms with van der Waals surface area (Å²) in [6.07, 6.45) is 3.36. The van der Waals surface area contributed by atoms with Gasteiger partial charge in [-0.05, 0) is 39.0 Å². The van der Waals surface area contributed by atoms with Crippen LogP contribution in [0.2, 0.25) is 0 Å². The molecule has 1 N–H and O–H groups in total. The first kappa shape index (κ1) is 15.3. The van der Waals surface area contributed by atoms with Crippen LogP contribution in [-0.4, -0.2) is 25.7 Å². The van der Waals surface area contributed by atoms with E-state index in [4.69, 9.17) is 4.42 Å². The molecule has 4 rings (SSSR count). The third kappa shape index (κ3) is 2.73. The zero-order valence-corrected chi connectivity index (χ0v) is 14.1. The van der Waals surface area contributed by atoms with Crippen molar-refractivity contribution in [3.63, 3.8) is 0 Å². The lowest BCUT2D eigenvalue weighted by Crippen LogP contribution is -2.11. The summed E-state index contributed by atoms with van der Waals surface area (Å²) in [7, 11) is 0. The van der Waals surface area contributed by atoms with Gasteiger partial charge in [0.1, 0.15) is 5.52 Å². The van der Waals surface area contributed by atoms with Crippen LogP contribution in [0.15, 0.2) is 41.1 Å². The first-order valence-electron chi connectivity index (χ1n) is 8.03. The molecule has 0 unspecified atom stereocenters. The van der Waals surface area contributed by atoms with Crippen molar-refractivity contribution in [2.24, 2.45) is 0 Å². The monoisotopic (exact) mass is 335 g/mol. The molecule has 0 radical (unpaired) electrons. The molecule has 4 aromatic rings. The van der Waals surface area contributed by atoms with Crippen LogP contribution in [0.4, 0.5) is 5.69 Å². The van der Waals surface area contributed by atoms with Crippen molar-refractivity contribution in [2.75, 3.05) is 5.32 Å². The van der Waals surface area contributed by atoms with Crippen molar-refractivity contribution in [2.45, 2.75) is 26.8 Å². The van der Waals surface area contributed by atoms with E-state index in [9.17, 15) is 4.79 Å². The van der Waals surface area contributed by atoms with Gasteiger partial charge in [-0.1, -0.05) is 0 Å². The quantitative estimate of drug-likeness (QED) is 0.617. The summed E-state index contributed by atoms with van der Waals surface area (Å²) in [5.74, 6) is -0.126. The molecule has 0 bridgehead atoms. The van der Waals surface area contributed by atoms with Gasteiger partial charge >= 0.3 is 0 Å². The Labute approximate surface area is 143 Å². The average molecular weight is 335 g/mol. The fourth-order valence-corrected chi connectivity index (χ4v) is 2.72. The Morgan fingerprint density at radius 1 is 1.24 bits per heavy atom. The van der Waals surface area contributed by atoms with Gasteiger partial charge in [0, 0.05) is 23.2 Å². The lowest BCUT2D eigenvalue weighted by atomic mass is 10.3. The predicted molar refractivity (Wildman–Crippen MR) is 94.6 cm³/mol. The van der Waals surface area contributed by atoms with Crippen molar-refractivity contribution in [1.29, 1.82) is 0 Å². The number of nitrogens with one attached hydrogen (secondary N) is 1. The molecular formula is C18H17N5O2. The molecule has 126 valence electrons. The molecule has 7 heteroatoms. The Morgan fingerprint density at radius 3 is 2.88 bits per heavy atom. The Balaban J connectivity index is 1.62. The molecule has 1 amide bonds. The standard InChI is InChI=1S/C18H17N5O2/c1-10(2)23-17-12(8-20-23)6-13(9-19-17)22-18(24)16-7-14-15(25-16)5-4-11(3)21-14/h4-10H,1-3H3,(H,22,24). The second-order valence-electron chi connectivity index (χ2n) is 6.22. The SMILES string of the molecule is Cc1ccc2oc(C(=O)Nc3cnc4c(cnn4C(C)C)c3)cc2n1. The highest BCUT2D eigenvalue weighted by atomic mass is 16.3. The number of hydrogen-bond acceptors (Lipinski definition) is 5. The van der Waals surface area contributed by atoms with E-state index < -0.39 is 0 Å². The zero-order chi connectivity index (χ0) is 17.6. The normalized spacial score (nSPS) is 11.5. The number of rotatable bonds is 3. The third-order valence-electron chi connectivity index (χ3n) is 3.92. The minimum absolute atomic E-state index is 0.214. The van der Waals surface area contributed by atoms with Crippen LogP contribution in [0.25, 0.3) is 22.1 Å². The fourth-order valence-electron chi connectivity index (χ4n) is 2.72. The molecular weight excluding hydrogens is 318 g/mol. The number of furan rings is 1. The molecule has 4 aromatic heterocycles. The minimum Gasteiger partial charge on any atom is -0.449 e. The number of carbonyl (C=O) groups is 1. The molecule has 0 saturated carbocycles. The maximum absolute atomic E-state index is 12.4. The summed E-state index contributed by atoms with van der Waals surface area (Å²) in [6, 6.07) is 7.36. The smallest absolute Gasteiger partial charge is 0.291 e. The molecule has 0 aliphatic rings. The molecule has 7 nitrogen and oxygen atoms in total. The summed E-state index contributed by atoms with van der Waals surface area (Å²) in [5, 5.41) is 8.00. The van der Waals surface area contributed by atoms with Gasteiger partial charge in [-0.3, -0.25) is 4.79 Å². The molecule has 0 aliphatic carbocycles. The predicted octanol–water partition coefficient (Wildman–Crippen LogP) is 3.71. The highest BCUT2D eigenvalue weighted by Crippen LogP contribution is 2.21. The summed E-state index contributed by atoms with van der Waals surface area (Å²) < 4.78 is 7.41. The van der Waals surface area contributed by atoms with Gasteiger partial charge in [0.05, 0.1) is 18.1 Å². The summed E-state index contributed by atoms with van der Waals surface area (Å²) in [4.78, 5) is 21.2. The van der Waals surface area contributed by atoms with Crippen molar-refractivity contribution < 1.29 is 9.21 Å². The van der Waals surface area contributed by atoms with Crippen LogP contribution in [-0.2, 0) is 0 Å². The number of hydrogen-bond donors (Lipinski definition) is 1. The number of pyridine rings is 2. The van der Waals surface area contributed by atoms with Gasteiger partial charge in [0.25, 0.3) is 5.91 Å². The van der Waals surface area contributed by atoms with Gasteiger partial charge in [-0.15, -0.1) is 0 Å². The van der Waals surface area contributed by atoms with Gasteiger partial charge in [0.15, 0.2) is 17.0 Å². The average Bonchev–Trinajstić information content (AvgIpc) is 3.17. The van der Waals surface area contributed by atoms with Crippen molar-refractivity contribution in [3.8, 4) is 0 Å². The number of anilines is 1. The second kappa shape index (κ2) is 5.70. The lowest BCUT2D eigenvalue weighted by molar-refractivity contribution is 0.0998. The first-order valence-corrected chi connectivity index (χ1v) is 8.03. The van der Waals surface area contributed by atoms with Crippen molar-refractivity contribution in [1.82, 2.24) is 19.7 Å². The molecule has 0 aliphatic heterocycles. The van der Waals surface area contributed by atoms with Crippen LogP contribution < -0.4 is 5.32 Å². The zero-order valence-electron chi connectivity index (χ0n) is 14.1. The number of amides is 1. The summed E-state index contributed by atoms with van der Waals surface area (Å²) >= 11 is 0. The molecule has 0 aromatic carbocycles. The Morgan fingerprint density at radius 2 is 2.08 bits per heavy atom. The summed E-state index contributed by atoms with van der Waals surface area (Å²) in [6.45, 7) is 5.98. The van der Waals surface area contributed by atoms with Crippen LogP contribution >= 0.6 is 0 Å². The number of carbonyl (C=O) groups excluding carboxylic acids is 1. The van der Waals surface area contributed by atoms with E-state index in [1.807, 2.05) is 43.7 Å². The maximum Gasteiger partial charge on any atom is 0.291 e. The van der Waals surface area contributed by atoms with Gasteiger partial charge in [-0.25, -0.2) is 14.6 Å². The van der Waals surface area contributed by atoms with Gasteiger partial charge < -0.3 is 9.73 Å². The number of aromatic nitrogens is 4. The Bertz CT molecular complexity index is 1090. The molecule has 25 heavy (non-hydrogen) atoms. The van der Waals surface area contributed by atoms with Crippen molar-refractivity contribution in [3.05, 3.63) is 48.1 Å². The van der Waals surface area contributed by atoms with Crippen molar-refractivity contribution >= 4 is 33.7 Å². The lowest BCUT2D eigenvalue weighted by Gasteiger charge is -2.07. The molecule has 4 heterocycles. The van der Waals surface area contributed by atoms with Gasteiger partial charge in [-0.2, -0.15) is 5.10 Å². The van der Waals surface area contributed by atoms with E-state index in [2.05, 4.69) is 20.4 Å². The topological polar surface area (TPSA) is 85.8 Å². The van der Waals surface area contributed by atoms with Gasteiger partial charge in [0.2, 0.25) is 0 Å². The van der Waals surface area contributed by atoms with E-state index in [-0.39, 0.29) is 17.7 Å². The van der Waals surface area contributed by atoms with Crippen LogP contribution in [0.3, 0.4) is 0 Å². The van der Waals surface area contributed by atoms with Crippen LogP contribution in [0.5, 0.6) is 0 Å². The molecule has 0 spiro atoms. The number of aryl methyl sites for hydroxylation is 1. The molecule has 0 saturated heterocycles. The van der Waals surface area contributed by atoms with E-state index in [0.29, 0.717) is 16.8 Å². The van der Waals surface area contributed by atoms with Crippen LogP contribution in [0.1, 0.15) is 36.1 Å². The highest BCUT2D eigenvalue weighted by molar-refractivity contribution is 6.04. The van der Waals surface area contributed by atoms with E-state index in [0.717, 1.165) is 16.7 Å². The molecule has 0 fully saturated rings. The van der Waals surface area contributed by atoms with Crippen LogP contribution in [0, 0.1) is 6.92 Å². The first-order chi connectivity index (χ1) is 12.0. The fraction of sp³-hybridized carbons (Fsp3) is 0.222. The summed E-state index contributed by atoms with van der Waals surface area (Å²) in [5.41, 5.74) is 3.50. The largest absolute Gasteiger partial charge is 0.449 e. The molecule has 0 atom stereocenters. The Hall–Kier alpha value is -3.22. The minimum atomic E-state index is -0.340. The third-order valence-corrected chi connectivity index (χ3v) is 3.92.